The van der Waals surface area contributed by atoms with Crippen molar-refractivity contribution in [2.24, 2.45) is 7.05 Å². The van der Waals surface area contributed by atoms with Gasteiger partial charge < -0.3 is 24.3 Å². The van der Waals surface area contributed by atoms with Gasteiger partial charge in [0.05, 0.1) is 17.8 Å². The summed E-state index contributed by atoms with van der Waals surface area (Å²) in [5.74, 6) is 0.154. The van der Waals surface area contributed by atoms with E-state index in [4.69, 9.17) is 4.42 Å². The van der Waals surface area contributed by atoms with Gasteiger partial charge in [0.25, 0.3) is 5.91 Å². The molecule has 214 valence electrons. The number of nitrogens with one attached hydrogen (secondary N) is 1. The van der Waals surface area contributed by atoms with E-state index in [0.29, 0.717) is 53.2 Å². The molecule has 0 atom stereocenters. The quantitative estimate of drug-likeness (QED) is 0.261. The van der Waals surface area contributed by atoms with Crippen molar-refractivity contribution >= 4 is 35.1 Å². The molecular formula is C32H26N6O5. The van der Waals surface area contributed by atoms with Crippen LogP contribution in [0.15, 0.2) is 52.9 Å². The van der Waals surface area contributed by atoms with Crippen molar-refractivity contribution in [3.63, 3.8) is 0 Å². The summed E-state index contributed by atoms with van der Waals surface area (Å²) in [6.45, 7) is 4.37. The number of carboxylic acid groups (broad SMARTS) is 1. The molecule has 0 bridgehead atoms. The third kappa shape index (κ3) is 4.68. The fourth-order valence-electron chi connectivity index (χ4n) is 5.62. The molecule has 0 saturated carbocycles. The number of benzene rings is 3. The molecule has 3 aromatic carbocycles. The zero-order valence-electron chi connectivity index (χ0n) is 23.6. The SMILES string of the molecule is Cc1c(NC(=O)c2nc3c(n2C)CCN(C(=O)O)C3)cccc1-c1cccc(-c2nc3cc(C=O)cc(C#N)c3o2)c1C. The summed E-state index contributed by atoms with van der Waals surface area (Å²) in [7, 11) is 1.76. The molecule has 6 rings (SSSR count). The maximum absolute atomic E-state index is 13.4. The lowest BCUT2D eigenvalue weighted by atomic mass is 9.93. The van der Waals surface area contributed by atoms with Crippen LogP contribution in [0.25, 0.3) is 33.7 Å². The minimum atomic E-state index is -1.01. The van der Waals surface area contributed by atoms with Gasteiger partial charge in [-0.25, -0.2) is 14.8 Å². The van der Waals surface area contributed by atoms with Crippen molar-refractivity contribution in [1.82, 2.24) is 19.4 Å². The topological polar surface area (TPSA) is 154 Å². The van der Waals surface area contributed by atoms with Crippen LogP contribution in [0.4, 0.5) is 10.5 Å². The maximum Gasteiger partial charge on any atom is 0.407 e. The molecule has 3 heterocycles. The number of imidazole rings is 1. The number of amides is 2. The molecule has 2 amide bonds. The van der Waals surface area contributed by atoms with E-state index in [2.05, 4.69) is 21.4 Å². The van der Waals surface area contributed by atoms with Gasteiger partial charge in [0.1, 0.15) is 17.9 Å². The predicted octanol–water partition coefficient (Wildman–Crippen LogP) is 5.48. The van der Waals surface area contributed by atoms with Gasteiger partial charge in [-0.05, 0) is 60.4 Å². The Bertz CT molecular complexity index is 2010. The molecule has 2 N–H and O–H groups in total. The van der Waals surface area contributed by atoms with Crippen LogP contribution >= 0.6 is 0 Å². The van der Waals surface area contributed by atoms with Crippen LogP contribution in [-0.4, -0.2) is 49.4 Å². The lowest BCUT2D eigenvalue weighted by Gasteiger charge is -2.23. The largest absolute Gasteiger partial charge is 0.465 e. The number of fused-ring (bicyclic) bond motifs is 2. The molecule has 0 saturated heterocycles. The Balaban J connectivity index is 1.33. The number of hydrogen-bond donors (Lipinski definition) is 2. The first kappa shape index (κ1) is 27.4. The zero-order valence-corrected chi connectivity index (χ0v) is 23.6. The van der Waals surface area contributed by atoms with Crippen LogP contribution in [-0.2, 0) is 20.0 Å². The summed E-state index contributed by atoms with van der Waals surface area (Å²) in [6.07, 6.45) is 0.145. The highest BCUT2D eigenvalue weighted by molar-refractivity contribution is 6.03. The van der Waals surface area contributed by atoms with Gasteiger partial charge in [-0.2, -0.15) is 5.26 Å². The molecule has 0 fully saturated rings. The molecule has 0 radical (unpaired) electrons. The normalized spacial score (nSPS) is 12.6. The minimum Gasteiger partial charge on any atom is -0.465 e. The monoisotopic (exact) mass is 574 g/mol. The van der Waals surface area contributed by atoms with Gasteiger partial charge in [-0.3, -0.25) is 9.59 Å². The molecule has 0 aliphatic carbocycles. The molecule has 11 heteroatoms. The molecule has 43 heavy (non-hydrogen) atoms. The van der Waals surface area contributed by atoms with E-state index in [1.54, 1.807) is 17.7 Å². The van der Waals surface area contributed by atoms with Gasteiger partial charge in [-0.15, -0.1) is 0 Å². The predicted molar refractivity (Wildman–Crippen MR) is 158 cm³/mol. The molecule has 1 aliphatic heterocycles. The Morgan fingerprint density at radius 3 is 2.51 bits per heavy atom. The summed E-state index contributed by atoms with van der Waals surface area (Å²) in [4.78, 5) is 46.5. The second kappa shape index (κ2) is 10.6. The average molecular weight is 575 g/mol. The van der Waals surface area contributed by atoms with E-state index in [1.807, 2.05) is 50.2 Å². The summed E-state index contributed by atoms with van der Waals surface area (Å²) in [5.41, 5.74) is 7.63. The number of carbonyl (C=O) groups is 3. The molecule has 5 aromatic rings. The van der Waals surface area contributed by atoms with Crippen LogP contribution in [0.2, 0.25) is 0 Å². The van der Waals surface area contributed by atoms with Crippen LogP contribution in [0.1, 0.15) is 49.1 Å². The van der Waals surface area contributed by atoms with E-state index in [0.717, 1.165) is 33.5 Å². The third-order valence-electron chi connectivity index (χ3n) is 7.93. The molecule has 2 aromatic heterocycles. The van der Waals surface area contributed by atoms with Crippen LogP contribution in [0, 0.1) is 25.2 Å². The van der Waals surface area contributed by atoms with E-state index >= 15 is 0 Å². The van der Waals surface area contributed by atoms with Gasteiger partial charge in [0, 0.05) is 42.5 Å². The van der Waals surface area contributed by atoms with Crippen molar-refractivity contribution in [1.29, 1.82) is 5.26 Å². The number of carbonyl (C=O) groups excluding carboxylic acids is 2. The van der Waals surface area contributed by atoms with Crippen molar-refractivity contribution in [3.05, 3.63) is 88.0 Å². The highest BCUT2D eigenvalue weighted by atomic mass is 16.4. The van der Waals surface area contributed by atoms with Gasteiger partial charge in [-0.1, -0.05) is 24.3 Å². The highest BCUT2D eigenvalue weighted by Crippen LogP contribution is 2.37. The molecular weight excluding hydrogens is 548 g/mol. The van der Waals surface area contributed by atoms with E-state index in [1.165, 1.54) is 11.0 Å². The number of nitrogens with zero attached hydrogens (tertiary/aromatic N) is 5. The molecule has 1 aliphatic rings. The smallest absolute Gasteiger partial charge is 0.407 e. The van der Waals surface area contributed by atoms with E-state index in [9.17, 15) is 24.8 Å². The first-order chi connectivity index (χ1) is 20.7. The van der Waals surface area contributed by atoms with Gasteiger partial charge in [0.2, 0.25) is 5.89 Å². The Hall–Kier alpha value is -5.76. The lowest BCUT2D eigenvalue weighted by Crippen LogP contribution is -2.35. The number of oxazole rings is 1. The van der Waals surface area contributed by atoms with Crippen molar-refractivity contribution in [2.45, 2.75) is 26.8 Å². The van der Waals surface area contributed by atoms with E-state index in [-0.39, 0.29) is 23.8 Å². The Labute approximate surface area is 246 Å². The average Bonchev–Trinajstić information content (AvgIpc) is 3.58. The van der Waals surface area contributed by atoms with Crippen molar-refractivity contribution in [3.8, 4) is 28.7 Å². The first-order valence-electron chi connectivity index (χ1n) is 13.5. The van der Waals surface area contributed by atoms with Crippen LogP contribution in [0.5, 0.6) is 0 Å². The summed E-state index contributed by atoms with van der Waals surface area (Å²) >= 11 is 0. The number of hydrogen-bond acceptors (Lipinski definition) is 7. The summed E-state index contributed by atoms with van der Waals surface area (Å²) in [5, 5.41) is 21.9. The van der Waals surface area contributed by atoms with Gasteiger partial charge in [0.15, 0.2) is 11.4 Å². The number of aromatic nitrogens is 3. The number of anilines is 1. The van der Waals surface area contributed by atoms with Gasteiger partial charge >= 0.3 is 6.09 Å². The number of aldehydes is 1. The molecule has 11 nitrogen and oxygen atoms in total. The summed E-state index contributed by atoms with van der Waals surface area (Å²) < 4.78 is 7.75. The number of rotatable bonds is 5. The fourth-order valence-corrected chi connectivity index (χ4v) is 5.62. The van der Waals surface area contributed by atoms with Crippen LogP contribution in [0.3, 0.4) is 0 Å². The van der Waals surface area contributed by atoms with Crippen LogP contribution < -0.4 is 5.32 Å². The fraction of sp³-hybridized carbons (Fsp3) is 0.188. The Morgan fingerprint density at radius 1 is 1.07 bits per heavy atom. The second-order valence-electron chi connectivity index (χ2n) is 10.4. The minimum absolute atomic E-state index is 0.145. The standard InChI is InChI=1S/C32H26N6O5/c1-17-21(6-4-8-23(17)31-36-25-13-19(16-39)12-20(14-33)28(25)43-31)22-7-5-9-24(18(22)2)35-30(40)29-34-26-15-38(32(41)42)11-10-27(26)37(29)3/h4-9,12-13,16H,10-11,15H2,1-3H3,(H,35,40)(H,41,42). The highest BCUT2D eigenvalue weighted by Gasteiger charge is 2.28. The third-order valence-corrected chi connectivity index (χ3v) is 7.93. The maximum atomic E-state index is 13.4. The molecule has 0 unspecified atom stereocenters. The molecule has 0 spiro atoms. The zero-order chi connectivity index (χ0) is 30.4. The second-order valence-corrected chi connectivity index (χ2v) is 10.4. The van der Waals surface area contributed by atoms with Crippen molar-refractivity contribution in [2.75, 3.05) is 11.9 Å². The first-order valence-corrected chi connectivity index (χ1v) is 13.5. The Morgan fingerprint density at radius 2 is 1.79 bits per heavy atom. The Kier molecular flexibility index (Phi) is 6.74. The number of nitriles is 1. The van der Waals surface area contributed by atoms with Crippen molar-refractivity contribution < 1.29 is 23.9 Å². The van der Waals surface area contributed by atoms with E-state index < -0.39 is 6.09 Å². The lowest BCUT2D eigenvalue weighted by molar-refractivity contribution is 0.101. The summed E-state index contributed by atoms with van der Waals surface area (Å²) in [6, 6.07) is 16.5.